The molecule has 0 atom stereocenters. The van der Waals surface area contributed by atoms with Crippen molar-refractivity contribution in [3.05, 3.63) is 57.7 Å². The summed E-state index contributed by atoms with van der Waals surface area (Å²) in [6, 6.07) is 5.62. The SMILES string of the molecule is CCOC(=O)c1sc(NC(=O)C=Cc2ccc(F)cc2)c(C(=O)OCC)c1C. The molecule has 0 radical (unpaired) electrons. The molecule has 0 aliphatic rings. The molecule has 28 heavy (non-hydrogen) atoms. The molecule has 1 aromatic heterocycles. The summed E-state index contributed by atoms with van der Waals surface area (Å²) in [4.78, 5) is 36.9. The topological polar surface area (TPSA) is 81.7 Å². The number of nitrogens with one attached hydrogen (secondary N) is 1. The van der Waals surface area contributed by atoms with Crippen LogP contribution in [0.3, 0.4) is 0 Å². The lowest BCUT2D eigenvalue weighted by molar-refractivity contribution is -0.111. The average molecular weight is 405 g/mol. The minimum Gasteiger partial charge on any atom is -0.462 e. The van der Waals surface area contributed by atoms with E-state index in [2.05, 4.69) is 5.32 Å². The van der Waals surface area contributed by atoms with Crippen molar-refractivity contribution >= 4 is 40.3 Å². The van der Waals surface area contributed by atoms with Gasteiger partial charge in [0.1, 0.15) is 15.7 Å². The van der Waals surface area contributed by atoms with Gasteiger partial charge in [-0.05, 0) is 50.1 Å². The highest BCUT2D eigenvalue weighted by atomic mass is 32.1. The number of anilines is 1. The molecule has 0 saturated carbocycles. The Kier molecular flexibility index (Phi) is 7.45. The number of thiophene rings is 1. The summed E-state index contributed by atoms with van der Waals surface area (Å²) in [5.41, 5.74) is 1.15. The van der Waals surface area contributed by atoms with Crippen LogP contribution in [0.2, 0.25) is 0 Å². The zero-order valence-electron chi connectivity index (χ0n) is 15.7. The highest BCUT2D eigenvalue weighted by Gasteiger charge is 2.26. The van der Waals surface area contributed by atoms with Gasteiger partial charge < -0.3 is 14.8 Å². The molecule has 2 rings (SSSR count). The smallest absolute Gasteiger partial charge is 0.348 e. The fourth-order valence-electron chi connectivity index (χ4n) is 2.34. The summed E-state index contributed by atoms with van der Waals surface area (Å²) in [6.45, 7) is 5.28. The van der Waals surface area contributed by atoms with Crippen molar-refractivity contribution in [1.29, 1.82) is 0 Å². The molecular formula is C20H20FNO5S. The maximum Gasteiger partial charge on any atom is 0.348 e. The summed E-state index contributed by atoms with van der Waals surface area (Å²) in [5, 5.41) is 2.80. The lowest BCUT2D eigenvalue weighted by atomic mass is 10.1. The first-order valence-corrected chi connectivity index (χ1v) is 9.41. The van der Waals surface area contributed by atoms with Gasteiger partial charge in [0.05, 0.1) is 18.8 Å². The molecule has 1 N–H and O–H groups in total. The van der Waals surface area contributed by atoms with Crippen molar-refractivity contribution in [3.63, 3.8) is 0 Å². The Morgan fingerprint density at radius 1 is 1.07 bits per heavy atom. The third kappa shape index (κ3) is 5.26. The standard InChI is InChI=1S/C20H20FNO5S/c1-4-26-19(24)16-12(3)17(20(25)27-5-2)28-18(16)22-15(23)11-8-13-6-9-14(21)10-7-13/h6-11H,4-5H2,1-3H3,(H,22,23). The van der Waals surface area contributed by atoms with Crippen LogP contribution in [0.15, 0.2) is 30.3 Å². The molecule has 1 aromatic carbocycles. The fraction of sp³-hybridized carbons (Fsp3) is 0.250. The average Bonchev–Trinajstić information content (AvgIpc) is 2.97. The highest BCUT2D eigenvalue weighted by molar-refractivity contribution is 7.18. The second-order valence-electron chi connectivity index (χ2n) is 5.58. The Morgan fingerprint density at radius 3 is 2.29 bits per heavy atom. The Bertz CT molecular complexity index is 902. The van der Waals surface area contributed by atoms with E-state index < -0.39 is 17.8 Å². The summed E-state index contributed by atoms with van der Waals surface area (Å²) in [5.74, 6) is -2.09. The van der Waals surface area contributed by atoms with Crippen molar-refractivity contribution in [3.8, 4) is 0 Å². The largest absolute Gasteiger partial charge is 0.462 e. The lowest BCUT2D eigenvalue weighted by Gasteiger charge is -2.05. The minimum absolute atomic E-state index is 0.124. The van der Waals surface area contributed by atoms with Gasteiger partial charge in [0.25, 0.3) is 0 Å². The van der Waals surface area contributed by atoms with Gasteiger partial charge >= 0.3 is 11.9 Å². The molecule has 0 unspecified atom stereocenters. The van der Waals surface area contributed by atoms with Crippen LogP contribution in [-0.4, -0.2) is 31.1 Å². The van der Waals surface area contributed by atoms with Crippen LogP contribution in [0, 0.1) is 12.7 Å². The Morgan fingerprint density at radius 2 is 1.68 bits per heavy atom. The monoisotopic (exact) mass is 405 g/mol. The van der Waals surface area contributed by atoms with Gasteiger partial charge in [-0.15, -0.1) is 11.3 Å². The number of hydrogen-bond acceptors (Lipinski definition) is 6. The van der Waals surface area contributed by atoms with Crippen LogP contribution in [0.5, 0.6) is 0 Å². The first-order valence-electron chi connectivity index (χ1n) is 8.59. The maximum absolute atomic E-state index is 12.9. The van der Waals surface area contributed by atoms with Gasteiger partial charge in [-0.3, -0.25) is 4.79 Å². The maximum atomic E-state index is 12.9. The van der Waals surface area contributed by atoms with E-state index in [1.165, 1.54) is 36.4 Å². The predicted molar refractivity (Wildman–Crippen MR) is 105 cm³/mol. The molecule has 8 heteroatoms. The van der Waals surface area contributed by atoms with Crippen molar-refractivity contribution in [2.24, 2.45) is 0 Å². The minimum atomic E-state index is -0.635. The number of carbonyl (C=O) groups excluding carboxylic acids is 3. The first-order chi connectivity index (χ1) is 13.4. The van der Waals surface area contributed by atoms with Gasteiger partial charge in [0.15, 0.2) is 0 Å². The molecular weight excluding hydrogens is 385 g/mol. The van der Waals surface area contributed by atoms with Crippen molar-refractivity contribution in [2.75, 3.05) is 18.5 Å². The van der Waals surface area contributed by atoms with Crippen molar-refractivity contribution in [2.45, 2.75) is 20.8 Å². The normalized spacial score (nSPS) is 10.7. The Balaban J connectivity index is 2.28. The van der Waals surface area contributed by atoms with Crippen LogP contribution < -0.4 is 5.32 Å². The van der Waals surface area contributed by atoms with Gasteiger partial charge in [-0.1, -0.05) is 12.1 Å². The molecule has 0 saturated heterocycles. The van der Waals surface area contributed by atoms with Crippen molar-refractivity contribution in [1.82, 2.24) is 0 Å². The first kappa shape index (κ1) is 21.3. The molecule has 1 heterocycles. The second-order valence-corrected chi connectivity index (χ2v) is 6.60. The van der Waals surface area contributed by atoms with E-state index >= 15 is 0 Å². The molecule has 0 spiro atoms. The second kappa shape index (κ2) is 9.80. The predicted octanol–water partition coefficient (Wildman–Crippen LogP) is 4.20. The zero-order chi connectivity index (χ0) is 20.7. The van der Waals surface area contributed by atoms with Gasteiger partial charge in [0.2, 0.25) is 5.91 Å². The van der Waals surface area contributed by atoms with E-state index in [4.69, 9.17) is 9.47 Å². The number of benzene rings is 1. The number of ether oxygens (including phenoxy) is 2. The van der Waals surface area contributed by atoms with E-state index in [-0.39, 0.29) is 34.5 Å². The van der Waals surface area contributed by atoms with Crippen LogP contribution in [0.1, 0.15) is 45.0 Å². The van der Waals surface area contributed by atoms with Gasteiger partial charge in [-0.25, -0.2) is 14.0 Å². The highest BCUT2D eigenvalue weighted by Crippen LogP contribution is 2.34. The number of carbonyl (C=O) groups is 3. The summed E-state index contributed by atoms with van der Waals surface area (Å²) in [6.07, 6.45) is 2.76. The molecule has 0 bridgehead atoms. The Hall–Kier alpha value is -3.00. The molecule has 0 aliphatic heterocycles. The summed E-state index contributed by atoms with van der Waals surface area (Å²) in [7, 11) is 0. The third-order valence-electron chi connectivity index (χ3n) is 3.62. The van der Waals surface area contributed by atoms with E-state index in [9.17, 15) is 18.8 Å². The summed E-state index contributed by atoms with van der Waals surface area (Å²) < 4.78 is 23.0. The zero-order valence-corrected chi connectivity index (χ0v) is 16.5. The van der Waals surface area contributed by atoms with Gasteiger partial charge in [0, 0.05) is 6.08 Å². The van der Waals surface area contributed by atoms with Crippen molar-refractivity contribution < 1.29 is 28.2 Å². The molecule has 6 nitrogen and oxygen atoms in total. The van der Waals surface area contributed by atoms with E-state index in [1.54, 1.807) is 20.8 Å². The third-order valence-corrected chi connectivity index (χ3v) is 4.81. The van der Waals surface area contributed by atoms with Crippen LogP contribution in [-0.2, 0) is 14.3 Å². The van der Waals surface area contributed by atoms with Crippen LogP contribution in [0.4, 0.5) is 9.39 Å². The molecule has 148 valence electrons. The number of hydrogen-bond donors (Lipinski definition) is 1. The lowest BCUT2D eigenvalue weighted by Crippen LogP contribution is -2.13. The molecule has 0 aliphatic carbocycles. The number of esters is 2. The van der Waals surface area contributed by atoms with E-state index in [1.807, 2.05) is 0 Å². The summed E-state index contributed by atoms with van der Waals surface area (Å²) >= 11 is 0.950. The van der Waals surface area contributed by atoms with E-state index in [0.717, 1.165) is 11.3 Å². The molecule has 0 fully saturated rings. The number of amides is 1. The Labute approximate surface area is 166 Å². The molecule has 1 amide bonds. The number of halogens is 1. The fourth-order valence-corrected chi connectivity index (χ4v) is 3.43. The van der Waals surface area contributed by atoms with Crippen LogP contribution in [0.25, 0.3) is 6.08 Å². The van der Waals surface area contributed by atoms with E-state index in [0.29, 0.717) is 11.1 Å². The number of rotatable bonds is 7. The molecule has 2 aromatic rings. The quantitative estimate of drug-likeness (QED) is 0.551. The van der Waals surface area contributed by atoms with Crippen LogP contribution >= 0.6 is 11.3 Å². The van der Waals surface area contributed by atoms with Gasteiger partial charge in [-0.2, -0.15) is 0 Å².